The van der Waals surface area contributed by atoms with Crippen molar-refractivity contribution >= 4 is 17.4 Å². The smallest absolute Gasteiger partial charge is 0.321 e. The van der Waals surface area contributed by atoms with Crippen LogP contribution in [0.2, 0.25) is 0 Å². The molecule has 9 heteroatoms. The van der Waals surface area contributed by atoms with Gasteiger partial charge in [-0.25, -0.2) is 9.18 Å². The number of nitro benzene ring substituents is 1. The number of benzene rings is 2. The van der Waals surface area contributed by atoms with Crippen LogP contribution in [0.3, 0.4) is 0 Å². The molecular formula is C20H23FN4O4. The molecule has 154 valence electrons. The molecule has 1 fully saturated rings. The molecule has 1 aliphatic rings. The van der Waals surface area contributed by atoms with Gasteiger partial charge in [0, 0.05) is 50.0 Å². The molecule has 0 bridgehead atoms. The van der Waals surface area contributed by atoms with Gasteiger partial charge in [0.25, 0.3) is 5.69 Å². The van der Waals surface area contributed by atoms with Crippen LogP contribution in [0.1, 0.15) is 11.1 Å². The van der Waals surface area contributed by atoms with E-state index >= 15 is 0 Å². The lowest BCUT2D eigenvalue weighted by molar-refractivity contribution is -0.385. The number of hydrogen-bond donors (Lipinski definition) is 1. The number of urea groups is 1. The fourth-order valence-electron chi connectivity index (χ4n) is 3.32. The Bertz CT molecular complexity index is 913. The molecule has 0 radical (unpaired) electrons. The Labute approximate surface area is 168 Å². The summed E-state index contributed by atoms with van der Waals surface area (Å²) in [5, 5.41) is 13.7. The summed E-state index contributed by atoms with van der Waals surface area (Å²) < 4.78 is 18.8. The molecule has 1 saturated heterocycles. The molecule has 1 heterocycles. The molecule has 0 aliphatic carbocycles. The molecule has 1 aliphatic heterocycles. The molecule has 2 amide bonds. The second kappa shape index (κ2) is 8.87. The number of rotatable bonds is 5. The first kappa shape index (κ1) is 20.5. The van der Waals surface area contributed by atoms with Crippen molar-refractivity contribution in [1.29, 1.82) is 0 Å². The highest BCUT2D eigenvalue weighted by atomic mass is 19.1. The van der Waals surface area contributed by atoms with Gasteiger partial charge in [0.05, 0.1) is 12.0 Å². The Morgan fingerprint density at radius 1 is 1.21 bits per heavy atom. The maximum Gasteiger partial charge on any atom is 0.321 e. The summed E-state index contributed by atoms with van der Waals surface area (Å²) in [4.78, 5) is 26.8. The summed E-state index contributed by atoms with van der Waals surface area (Å²) >= 11 is 0. The minimum atomic E-state index is -0.450. The van der Waals surface area contributed by atoms with Gasteiger partial charge < -0.3 is 15.0 Å². The van der Waals surface area contributed by atoms with Gasteiger partial charge in [-0.15, -0.1) is 0 Å². The summed E-state index contributed by atoms with van der Waals surface area (Å²) in [6, 6.07) is 9.17. The van der Waals surface area contributed by atoms with Crippen LogP contribution < -0.4 is 10.1 Å². The van der Waals surface area contributed by atoms with Crippen LogP contribution >= 0.6 is 0 Å². The van der Waals surface area contributed by atoms with E-state index in [-0.39, 0.29) is 23.3 Å². The molecular weight excluding hydrogens is 379 g/mol. The van der Waals surface area contributed by atoms with E-state index in [0.717, 1.165) is 5.56 Å². The quantitative estimate of drug-likeness (QED) is 0.612. The van der Waals surface area contributed by atoms with E-state index < -0.39 is 4.92 Å². The van der Waals surface area contributed by atoms with E-state index in [1.807, 2.05) is 6.07 Å². The Hall–Kier alpha value is -3.20. The van der Waals surface area contributed by atoms with E-state index in [4.69, 9.17) is 4.74 Å². The fraction of sp³-hybridized carbons (Fsp3) is 0.350. The van der Waals surface area contributed by atoms with E-state index in [1.54, 1.807) is 24.0 Å². The highest BCUT2D eigenvalue weighted by Crippen LogP contribution is 2.22. The van der Waals surface area contributed by atoms with Gasteiger partial charge in [0.1, 0.15) is 0 Å². The third-order valence-electron chi connectivity index (χ3n) is 4.93. The van der Waals surface area contributed by atoms with Gasteiger partial charge in [0.2, 0.25) is 0 Å². The average molecular weight is 402 g/mol. The molecule has 0 saturated carbocycles. The highest BCUT2D eigenvalue weighted by molar-refractivity contribution is 5.89. The Morgan fingerprint density at radius 2 is 1.93 bits per heavy atom. The van der Waals surface area contributed by atoms with Crippen molar-refractivity contribution in [3.8, 4) is 5.75 Å². The molecule has 0 unspecified atom stereocenters. The van der Waals surface area contributed by atoms with E-state index in [9.17, 15) is 19.3 Å². The summed E-state index contributed by atoms with van der Waals surface area (Å²) in [5.74, 6) is -0.168. The number of halogens is 1. The predicted octanol–water partition coefficient (Wildman–Crippen LogP) is 3.40. The number of methoxy groups -OCH3 is 1. The van der Waals surface area contributed by atoms with Crippen LogP contribution in [-0.4, -0.2) is 54.0 Å². The van der Waals surface area contributed by atoms with Gasteiger partial charge in [-0.1, -0.05) is 6.07 Å². The maximum atomic E-state index is 13.8. The number of carbonyl (C=O) groups excluding carboxylic acids is 1. The van der Waals surface area contributed by atoms with Crippen molar-refractivity contribution in [1.82, 2.24) is 9.80 Å². The Morgan fingerprint density at radius 3 is 2.52 bits per heavy atom. The number of hydrogen-bond acceptors (Lipinski definition) is 5. The summed E-state index contributed by atoms with van der Waals surface area (Å²) in [5.41, 5.74) is 1.88. The van der Waals surface area contributed by atoms with Crippen LogP contribution in [0.25, 0.3) is 0 Å². The summed E-state index contributed by atoms with van der Waals surface area (Å²) in [6.45, 7) is 4.64. The summed E-state index contributed by atoms with van der Waals surface area (Å²) in [6.07, 6.45) is 0. The molecule has 8 nitrogen and oxygen atoms in total. The molecule has 0 aromatic heterocycles. The van der Waals surface area contributed by atoms with Crippen molar-refractivity contribution in [2.45, 2.75) is 13.5 Å². The summed E-state index contributed by atoms with van der Waals surface area (Å²) in [7, 11) is 1.43. The van der Waals surface area contributed by atoms with Gasteiger partial charge in [-0.05, 0) is 36.8 Å². The van der Waals surface area contributed by atoms with Crippen LogP contribution in [0.15, 0.2) is 36.4 Å². The van der Waals surface area contributed by atoms with Gasteiger partial charge in [0.15, 0.2) is 11.6 Å². The van der Waals surface area contributed by atoms with Crippen LogP contribution in [0.5, 0.6) is 5.75 Å². The average Bonchev–Trinajstić information content (AvgIpc) is 2.68. The van der Waals surface area contributed by atoms with E-state index in [1.165, 1.54) is 25.3 Å². The van der Waals surface area contributed by atoms with Gasteiger partial charge in [-0.3, -0.25) is 15.0 Å². The molecule has 0 atom stereocenters. The Kier molecular flexibility index (Phi) is 6.28. The van der Waals surface area contributed by atoms with Crippen LogP contribution in [-0.2, 0) is 6.54 Å². The van der Waals surface area contributed by atoms with Crippen molar-refractivity contribution in [3.05, 3.63) is 63.5 Å². The van der Waals surface area contributed by atoms with Crippen LogP contribution in [0, 0.1) is 22.9 Å². The van der Waals surface area contributed by atoms with Crippen molar-refractivity contribution in [3.63, 3.8) is 0 Å². The number of nitrogens with one attached hydrogen (secondary N) is 1. The molecule has 1 N–H and O–H groups in total. The zero-order valence-corrected chi connectivity index (χ0v) is 16.4. The second-order valence-electron chi connectivity index (χ2n) is 6.92. The normalized spacial score (nSPS) is 14.5. The van der Waals surface area contributed by atoms with Crippen molar-refractivity contribution in [2.75, 3.05) is 38.6 Å². The minimum absolute atomic E-state index is 0.0200. The molecule has 0 spiro atoms. The number of amides is 2. The second-order valence-corrected chi connectivity index (χ2v) is 6.92. The third kappa shape index (κ3) is 5.00. The number of nitrogens with zero attached hydrogens (tertiary/aromatic N) is 3. The van der Waals surface area contributed by atoms with Crippen LogP contribution in [0.4, 0.5) is 20.6 Å². The number of carbonyl (C=O) groups is 1. The Balaban J connectivity index is 1.52. The van der Waals surface area contributed by atoms with Crippen molar-refractivity contribution in [2.24, 2.45) is 0 Å². The number of nitro groups is 1. The first-order valence-corrected chi connectivity index (χ1v) is 9.23. The van der Waals surface area contributed by atoms with Crippen molar-refractivity contribution < 1.29 is 18.8 Å². The predicted molar refractivity (Wildman–Crippen MR) is 107 cm³/mol. The minimum Gasteiger partial charge on any atom is -0.494 e. The molecule has 3 rings (SSSR count). The van der Waals surface area contributed by atoms with E-state index in [0.29, 0.717) is 44.0 Å². The lowest BCUT2D eigenvalue weighted by atomic mass is 10.1. The topological polar surface area (TPSA) is 88.0 Å². The lowest BCUT2D eigenvalue weighted by Crippen LogP contribution is -2.49. The first-order chi connectivity index (χ1) is 13.9. The fourth-order valence-corrected chi connectivity index (χ4v) is 3.32. The molecule has 29 heavy (non-hydrogen) atoms. The van der Waals surface area contributed by atoms with Gasteiger partial charge in [-0.2, -0.15) is 0 Å². The highest BCUT2D eigenvalue weighted by Gasteiger charge is 2.22. The monoisotopic (exact) mass is 402 g/mol. The molecule has 2 aromatic rings. The molecule has 2 aromatic carbocycles. The number of piperazine rings is 1. The largest absolute Gasteiger partial charge is 0.494 e. The first-order valence-electron chi connectivity index (χ1n) is 9.23. The van der Waals surface area contributed by atoms with Gasteiger partial charge >= 0.3 is 6.03 Å². The zero-order valence-electron chi connectivity index (χ0n) is 16.4. The SMILES string of the molecule is COc1ccc(CN2CCN(C(=O)Nc3ccc([N+](=O)[O-])c(C)c3)CC2)cc1F. The third-order valence-corrected chi connectivity index (χ3v) is 4.93. The van der Waals surface area contributed by atoms with E-state index in [2.05, 4.69) is 10.2 Å². The lowest BCUT2D eigenvalue weighted by Gasteiger charge is -2.34. The number of aryl methyl sites for hydroxylation is 1. The number of ether oxygens (including phenoxy) is 1. The number of anilines is 1. The standard InChI is InChI=1S/C20H23FN4O4/c1-14-11-16(4-5-18(14)25(27)28)22-20(26)24-9-7-23(8-10-24)13-15-3-6-19(29-2)17(21)12-15/h3-6,11-12H,7-10,13H2,1-2H3,(H,22,26). The zero-order chi connectivity index (χ0) is 21.0. The maximum absolute atomic E-state index is 13.8.